The Bertz CT molecular complexity index is 1420. The van der Waals surface area contributed by atoms with Crippen LogP contribution in [-0.4, -0.2) is 36.8 Å². The van der Waals surface area contributed by atoms with Crippen LogP contribution in [0.5, 0.6) is 0 Å². The number of hydrogen-bond donors (Lipinski definition) is 3. The van der Waals surface area contributed by atoms with Gasteiger partial charge in [0.2, 0.25) is 0 Å². The molecule has 3 rings (SSSR count). The van der Waals surface area contributed by atoms with Gasteiger partial charge in [0.1, 0.15) is 41.0 Å². The summed E-state index contributed by atoms with van der Waals surface area (Å²) >= 11 is 6.36. The number of nitrogens with one attached hydrogen (secondary N) is 2. The van der Waals surface area contributed by atoms with Gasteiger partial charge in [0.05, 0.1) is 22.0 Å². The Morgan fingerprint density at radius 2 is 1.97 bits per heavy atom. The van der Waals surface area contributed by atoms with Crippen LogP contribution in [0.4, 0.5) is 16.4 Å². The zero-order valence-corrected chi connectivity index (χ0v) is 22.5. The molecule has 0 saturated heterocycles. The molecule has 2 heterocycles. The SMILES string of the molecule is C[C@H](Nc1ncnc(N)c1C#N)c1nc2cccc(Cl)c2c(=O)n1CCC(C)(C)NC(=O)OC(C)(C)C. The van der Waals surface area contributed by atoms with Crippen LogP contribution in [0.25, 0.3) is 10.9 Å². The molecule has 196 valence electrons. The first kappa shape index (κ1) is 27.7. The van der Waals surface area contributed by atoms with Crippen LogP contribution in [0, 0.1) is 11.3 Å². The van der Waals surface area contributed by atoms with Crippen LogP contribution in [0.15, 0.2) is 29.3 Å². The number of carbonyl (C=O) groups is 1. The smallest absolute Gasteiger partial charge is 0.408 e. The molecule has 0 saturated carbocycles. The standard InChI is InChI=1S/C25H31ClN8O3/c1-14(31-20-15(12-27)19(28)29-13-30-20)21-32-17-9-7-8-16(26)18(17)22(35)34(21)11-10-25(5,6)33-23(36)37-24(2,3)4/h7-9,13-14H,10-11H2,1-6H3,(H,33,36)(H3,28,29,30,31)/t14-/m0/s1. The molecule has 0 fully saturated rings. The molecule has 1 atom stereocenters. The van der Waals surface area contributed by atoms with Gasteiger partial charge in [-0.3, -0.25) is 9.36 Å². The van der Waals surface area contributed by atoms with Gasteiger partial charge in [0, 0.05) is 12.1 Å². The van der Waals surface area contributed by atoms with Crippen molar-refractivity contribution in [2.45, 2.75) is 71.7 Å². The van der Waals surface area contributed by atoms with E-state index in [1.807, 2.05) is 19.9 Å². The van der Waals surface area contributed by atoms with Gasteiger partial charge >= 0.3 is 6.09 Å². The summed E-state index contributed by atoms with van der Waals surface area (Å²) < 4.78 is 6.89. The first-order valence-corrected chi connectivity index (χ1v) is 12.1. The number of aromatic nitrogens is 4. The second-order valence-electron chi connectivity index (χ2n) is 10.3. The van der Waals surface area contributed by atoms with Crippen LogP contribution in [0.2, 0.25) is 5.02 Å². The van der Waals surface area contributed by atoms with Gasteiger partial charge in [-0.05, 0) is 60.1 Å². The third-order valence-corrected chi connectivity index (χ3v) is 5.81. The first-order chi connectivity index (χ1) is 17.2. The summed E-state index contributed by atoms with van der Waals surface area (Å²) in [7, 11) is 0. The van der Waals surface area contributed by atoms with Crippen LogP contribution in [-0.2, 0) is 11.3 Å². The van der Waals surface area contributed by atoms with Crippen LogP contribution >= 0.6 is 11.6 Å². The molecule has 1 aromatic carbocycles. The molecule has 0 spiro atoms. The quantitative estimate of drug-likeness (QED) is 0.410. The van der Waals surface area contributed by atoms with Crippen molar-refractivity contribution in [1.82, 2.24) is 24.8 Å². The lowest BCUT2D eigenvalue weighted by molar-refractivity contribution is 0.0465. The van der Waals surface area contributed by atoms with Crippen molar-refractivity contribution in [2.75, 3.05) is 11.1 Å². The molecule has 0 aliphatic rings. The maximum Gasteiger partial charge on any atom is 0.408 e. The zero-order valence-electron chi connectivity index (χ0n) is 21.7. The monoisotopic (exact) mass is 526 g/mol. The molecule has 0 radical (unpaired) electrons. The molecule has 0 aliphatic carbocycles. The minimum atomic E-state index is -0.708. The molecule has 0 unspecified atom stereocenters. The van der Waals surface area contributed by atoms with Gasteiger partial charge in [-0.25, -0.2) is 19.7 Å². The van der Waals surface area contributed by atoms with E-state index in [9.17, 15) is 14.9 Å². The second kappa shape index (κ2) is 10.6. The molecule has 11 nitrogen and oxygen atoms in total. The second-order valence-corrected chi connectivity index (χ2v) is 10.7. The van der Waals surface area contributed by atoms with E-state index in [1.54, 1.807) is 45.9 Å². The summed E-state index contributed by atoms with van der Waals surface area (Å²) in [6.07, 6.45) is 1.08. The fourth-order valence-corrected chi connectivity index (χ4v) is 3.96. The number of alkyl carbamates (subject to hydrolysis) is 1. The molecule has 1 amide bonds. The average molecular weight is 527 g/mol. The summed E-state index contributed by atoms with van der Waals surface area (Å²) in [6, 6.07) is 6.50. The van der Waals surface area contributed by atoms with Crippen LogP contribution < -0.4 is 21.9 Å². The Kier molecular flexibility index (Phi) is 7.93. The first-order valence-electron chi connectivity index (χ1n) is 11.7. The number of nitrogens with zero attached hydrogens (tertiary/aromatic N) is 5. The van der Waals surface area contributed by atoms with Crippen molar-refractivity contribution in [3.63, 3.8) is 0 Å². The topological polar surface area (TPSA) is 161 Å². The number of rotatable bonds is 7. The lowest BCUT2D eigenvalue weighted by atomic mass is 10.0. The summed E-state index contributed by atoms with van der Waals surface area (Å²) in [5.41, 5.74) is 4.68. The van der Waals surface area contributed by atoms with Gasteiger partial charge in [0.15, 0.2) is 0 Å². The number of anilines is 2. The maximum atomic E-state index is 13.6. The predicted octanol–water partition coefficient (Wildman–Crippen LogP) is 4.16. The largest absolute Gasteiger partial charge is 0.444 e. The van der Waals surface area contributed by atoms with Crippen LogP contribution in [0.1, 0.15) is 65.4 Å². The number of hydrogen-bond acceptors (Lipinski definition) is 9. The van der Waals surface area contributed by atoms with E-state index in [4.69, 9.17) is 27.1 Å². The highest BCUT2D eigenvalue weighted by Crippen LogP contribution is 2.25. The van der Waals surface area contributed by atoms with Crippen molar-refractivity contribution in [3.8, 4) is 6.07 Å². The highest BCUT2D eigenvalue weighted by molar-refractivity contribution is 6.35. The number of ether oxygens (including phenoxy) is 1. The number of halogens is 1. The number of benzene rings is 1. The number of fused-ring (bicyclic) bond motifs is 1. The van der Waals surface area contributed by atoms with Gasteiger partial charge in [-0.15, -0.1) is 0 Å². The minimum absolute atomic E-state index is 0.0396. The number of nitrogen functional groups attached to an aromatic ring is 1. The van der Waals surface area contributed by atoms with Gasteiger partial charge in [-0.2, -0.15) is 5.26 Å². The summed E-state index contributed by atoms with van der Waals surface area (Å²) in [4.78, 5) is 38.7. The van der Waals surface area contributed by atoms with E-state index in [0.717, 1.165) is 0 Å². The van der Waals surface area contributed by atoms with E-state index >= 15 is 0 Å². The van der Waals surface area contributed by atoms with Gasteiger partial charge in [-0.1, -0.05) is 17.7 Å². The molecular formula is C25H31ClN8O3. The van der Waals surface area contributed by atoms with Gasteiger partial charge < -0.3 is 21.1 Å². The fraction of sp³-hybridized carbons (Fsp3) is 0.440. The highest BCUT2D eigenvalue weighted by Gasteiger charge is 2.26. The van der Waals surface area contributed by atoms with Crippen molar-refractivity contribution in [1.29, 1.82) is 5.26 Å². The van der Waals surface area contributed by atoms with E-state index in [0.29, 0.717) is 23.1 Å². The molecule has 3 aromatic rings. The Balaban J connectivity index is 1.99. The molecule has 12 heteroatoms. The van der Waals surface area contributed by atoms with Crippen molar-refractivity contribution >= 4 is 40.2 Å². The predicted molar refractivity (Wildman–Crippen MR) is 142 cm³/mol. The van der Waals surface area contributed by atoms with Gasteiger partial charge in [0.25, 0.3) is 5.56 Å². The Morgan fingerprint density at radius 3 is 2.62 bits per heavy atom. The van der Waals surface area contributed by atoms with Crippen molar-refractivity contribution < 1.29 is 9.53 Å². The number of amides is 1. The summed E-state index contributed by atoms with van der Waals surface area (Å²) in [6.45, 7) is 11.0. The number of nitrogens with two attached hydrogens (primary N) is 1. The molecule has 37 heavy (non-hydrogen) atoms. The van der Waals surface area contributed by atoms with E-state index in [1.165, 1.54) is 10.9 Å². The Labute approximate surface area is 220 Å². The average Bonchev–Trinajstić information content (AvgIpc) is 2.76. The highest BCUT2D eigenvalue weighted by atomic mass is 35.5. The van der Waals surface area contributed by atoms with Crippen molar-refractivity contribution in [3.05, 3.63) is 51.3 Å². The third kappa shape index (κ3) is 6.65. The zero-order chi connectivity index (χ0) is 27.5. The van der Waals surface area contributed by atoms with E-state index in [-0.39, 0.29) is 34.3 Å². The van der Waals surface area contributed by atoms with E-state index < -0.39 is 23.3 Å². The third-order valence-electron chi connectivity index (χ3n) is 5.49. The van der Waals surface area contributed by atoms with E-state index in [2.05, 4.69) is 20.6 Å². The fourth-order valence-electron chi connectivity index (χ4n) is 3.71. The molecular weight excluding hydrogens is 496 g/mol. The normalized spacial score (nSPS) is 12.6. The molecule has 0 aliphatic heterocycles. The Morgan fingerprint density at radius 1 is 1.27 bits per heavy atom. The Hall–Kier alpha value is -3.91. The summed E-state index contributed by atoms with van der Waals surface area (Å²) in [5, 5.41) is 16.0. The van der Waals surface area contributed by atoms with Crippen LogP contribution in [0.3, 0.4) is 0 Å². The van der Waals surface area contributed by atoms with Crippen molar-refractivity contribution in [2.24, 2.45) is 0 Å². The minimum Gasteiger partial charge on any atom is -0.444 e. The molecule has 0 bridgehead atoms. The lowest BCUT2D eigenvalue weighted by Crippen LogP contribution is -2.47. The maximum absolute atomic E-state index is 13.6. The summed E-state index contributed by atoms with van der Waals surface area (Å²) in [5.74, 6) is 0.660. The lowest BCUT2D eigenvalue weighted by Gasteiger charge is -2.29. The molecule has 4 N–H and O–H groups in total. The number of nitriles is 1. The number of carbonyl (C=O) groups excluding carboxylic acids is 1. The molecule has 2 aromatic heterocycles.